The summed E-state index contributed by atoms with van der Waals surface area (Å²) in [4.78, 5) is 27.5. The first-order valence-electron chi connectivity index (χ1n) is 9.06. The lowest BCUT2D eigenvalue weighted by Crippen LogP contribution is -2.41. The van der Waals surface area contributed by atoms with Gasteiger partial charge in [-0.3, -0.25) is 9.59 Å². The van der Waals surface area contributed by atoms with Crippen molar-refractivity contribution >= 4 is 40.6 Å². The zero-order valence-electron chi connectivity index (χ0n) is 15.3. The Hall–Kier alpha value is -2.66. The molecule has 1 aliphatic heterocycles. The Balaban J connectivity index is 1.68. The van der Waals surface area contributed by atoms with Gasteiger partial charge in [-0.2, -0.15) is 0 Å². The predicted octanol–water partition coefficient (Wildman–Crippen LogP) is 5.00. The number of hydrogen-bond donors (Lipinski definition) is 1. The van der Waals surface area contributed by atoms with Crippen LogP contribution in [-0.4, -0.2) is 16.8 Å². The van der Waals surface area contributed by atoms with E-state index in [4.69, 9.17) is 23.2 Å². The van der Waals surface area contributed by atoms with Gasteiger partial charge in [0.05, 0.1) is 28.7 Å². The van der Waals surface area contributed by atoms with E-state index in [9.17, 15) is 14.7 Å². The molecule has 4 nitrogen and oxygen atoms in total. The molecule has 0 saturated heterocycles. The molecule has 1 atom stereocenters. The zero-order valence-corrected chi connectivity index (χ0v) is 16.8. The van der Waals surface area contributed by atoms with Crippen LogP contribution >= 0.6 is 23.2 Å². The largest absolute Gasteiger partial charge is 0.375 e. The maximum absolute atomic E-state index is 13.3. The summed E-state index contributed by atoms with van der Waals surface area (Å²) in [6.45, 7) is 0.203. The van der Waals surface area contributed by atoms with E-state index in [1.54, 1.807) is 72.8 Å². The minimum Gasteiger partial charge on any atom is -0.375 e. The maximum atomic E-state index is 13.3. The summed E-state index contributed by atoms with van der Waals surface area (Å²) in [5.41, 5.74) is 0.302. The summed E-state index contributed by atoms with van der Waals surface area (Å²) >= 11 is 12.1. The van der Waals surface area contributed by atoms with Crippen LogP contribution in [0.2, 0.25) is 10.0 Å². The Morgan fingerprint density at radius 3 is 2.34 bits per heavy atom. The number of fused-ring (bicyclic) bond motifs is 1. The average Bonchev–Trinajstić information content (AvgIpc) is 2.93. The second-order valence-electron chi connectivity index (χ2n) is 6.98. The number of nitrogens with zero attached hydrogens (tertiary/aromatic N) is 1. The number of hydrogen-bond acceptors (Lipinski definition) is 3. The van der Waals surface area contributed by atoms with E-state index < -0.39 is 11.5 Å². The number of amides is 1. The van der Waals surface area contributed by atoms with Crippen LogP contribution in [-0.2, 0) is 16.9 Å². The molecular formula is C23H17Cl2NO3. The number of carbonyl (C=O) groups is 2. The molecule has 29 heavy (non-hydrogen) atoms. The molecule has 4 rings (SSSR count). The van der Waals surface area contributed by atoms with Crippen molar-refractivity contribution in [3.8, 4) is 0 Å². The summed E-state index contributed by atoms with van der Waals surface area (Å²) in [7, 11) is 0. The van der Waals surface area contributed by atoms with Gasteiger partial charge in [-0.1, -0.05) is 77.8 Å². The number of benzene rings is 3. The quantitative estimate of drug-likeness (QED) is 0.585. The van der Waals surface area contributed by atoms with Crippen molar-refractivity contribution in [1.82, 2.24) is 0 Å². The van der Waals surface area contributed by atoms with E-state index in [1.807, 2.05) is 0 Å². The van der Waals surface area contributed by atoms with Crippen molar-refractivity contribution in [2.45, 2.75) is 18.6 Å². The minimum atomic E-state index is -1.92. The summed E-state index contributed by atoms with van der Waals surface area (Å²) < 4.78 is 0. The molecule has 3 aromatic carbocycles. The van der Waals surface area contributed by atoms with E-state index >= 15 is 0 Å². The van der Waals surface area contributed by atoms with Gasteiger partial charge in [0.1, 0.15) is 0 Å². The van der Waals surface area contributed by atoms with Gasteiger partial charge in [0.25, 0.3) is 5.91 Å². The molecule has 0 spiro atoms. The molecule has 1 heterocycles. The van der Waals surface area contributed by atoms with Gasteiger partial charge in [-0.05, 0) is 23.8 Å². The van der Waals surface area contributed by atoms with Crippen LogP contribution in [0.5, 0.6) is 0 Å². The van der Waals surface area contributed by atoms with Crippen molar-refractivity contribution < 1.29 is 14.7 Å². The summed E-state index contributed by atoms with van der Waals surface area (Å²) in [6.07, 6.45) is -0.329. The second kappa shape index (κ2) is 7.64. The third-order valence-corrected chi connectivity index (χ3v) is 5.82. The highest BCUT2D eigenvalue weighted by molar-refractivity contribution is 6.42. The molecule has 0 saturated carbocycles. The molecule has 0 fully saturated rings. The zero-order chi connectivity index (χ0) is 20.6. The molecule has 0 bridgehead atoms. The monoisotopic (exact) mass is 425 g/mol. The van der Waals surface area contributed by atoms with Crippen LogP contribution in [0.3, 0.4) is 0 Å². The fraction of sp³-hybridized carbons (Fsp3) is 0.130. The maximum Gasteiger partial charge on any atom is 0.264 e. The van der Waals surface area contributed by atoms with E-state index in [-0.39, 0.29) is 18.7 Å². The number of Topliss-reactive ketones (excluding diaryl/α,β-unsaturated/α-hetero) is 1. The Morgan fingerprint density at radius 1 is 0.931 bits per heavy atom. The summed E-state index contributed by atoms with van der Waals surface area (Å²) in [5, 5.41) is 12.1. The number of aliphatic hydroxyl groups is 1. The molecule has 0 radical (unpaired) electrons. The van der Waals surface area contributed by atoms with Crippen LogP contribution in [0.1, 0.15) is 27.9 Å². The molecule has 1 amide bonds. The number of para-hydroxylation sites is 1. The SMILES string of the molecule is O=C(CC1(O)C(=O)N(Cc2ccc(Cl)c(Cl)c2)c2ccccc21)c1ccccc1. The fourth-order valence-electron chi connectivity index (χ4n) is 3.61. The topological polar surface area (TPSA) is 57.6 Å². The van der Waals surface area contributed by atoms with Crippen LogP contribution < -0.4 is 4.90 Å². The lowest BCUT2D eigenvalue weighted by Gasteiger charge is -2.23. The second-order valence-corrected chi connectivity index (χ2v) is 7.80. The summed E-state index contributed by atoms with van der Waals surface area (Å²) in [6, 6.07) is 20.7. The van der Waals surface area contributed by atoms with Crippen LogP contribution in [0.15, 0.2) is 72.8 Å². The summed E-state index contributed by atoms with van der Waals surface area (Å²) in [5.74, 6) is -0.832. The normalized spacial score (nSPS) is 18.0. The molecular weight excluding hydrogens is 409 g/mol. The van der Waals surface area contributed by atoms with Gasteiger partial charge in [-0.25, -0.2) is 0 Å². The highest BCUT2D eigenvalue weighted by Gasteiger charge is 2.50. The number of carbonyl (C=O) groups excluding carboxylic acids is 2. The van der Waals surface area contributed by atoms with Crippen molar-refractivity contribution in [3.05, 3.63) is 99.5 Å². The molecule has 1 N–H and O–H groups in total. The highest BCUT2D eigenvalue weighted by Crippen LogP contribution is 2.43. The fourth-order valence-corrected chi connectivity index (χ4v) is 3.93. The van der Waals surface area contributed by atoms with Gasteiger partial charge in [-0.15, -0.1) is 0 Å². The first-order valence-corrected chi connectivity index (χ1v) is 9.82. The Morgan fingerprint density at radius 2 is 1.62 bits per heavy atom. The molecule has 6 heteroatoms. The van der Waals surface area contributed by atoms with E-state index in [0.29, 0.717) is 26.9 Å². The lowest BCUT2D eigenvalue weighted by molar-refractivity contribution is -0.136. The number of anilines is 1. The molecule has 3 aromatic rings. The van der Waals surface area contributed by atoms with Crippen molar-refractivity contribution in [3.63, 3.8) is 0 Å². The Labute approximate surface area is 178 Å². The van der Waals surface area contributed by atoms with Gasteiger partial charge in [0, 0.05) is 11.1 Å². The van der Waals surface area contributed by atoms with E-state index in [0.717, 1.165) is 5.56 Å². The Bertz CT molecular complexity index is 1100. The first kappa shape index (κ1) is 19.6. The first-order chi connectivity index (χ1) is 13.9. The number of rotatable bonds is 5. The third-order valence-electron chi connectivity index (χ3n) is 5.08. The smallest absolute Gasteiger partial charge is 0.264 e. The Kier molecular flexibility index (Phi) is 5.17. The number of ketones is 1. The lowest BCUT2D eigenvalue weighted by atomic mass is 9.88. The van der Waals surface area contributed by atoms with Gasteiger partial charge < -0.3 is 10.0 Å². The van der Waals surface area contributed by atoms with Gasteiger partial charge in [0.2, 0.25) is 0 Å². The predicted molar refractivity (Wildman–Crippen MR) is 113 cm³/mol. The highest BCUT2D eigenvalue weighted by atomic mass is 35.5. The molecule has 0 aliphatic carbocycles. The standard InChI is InChI=1S/C23H17Cl2NO3/c24-18-11-10-15(12-19(18)25)14-26-20-9-5-4-8-17(20)23(29,22(26)28)13-21(27)16-6-2-1-3-7-16/h1-12,29H,13-14H2. The average molecular weight is 426 g/mol. The molecule has 1 unspecified atom stereocenters. The van der Waals surface area contributed by atoms with Crippen molar-refractivity contribution in [2.75, 3.05) is 4.90 Å². The molecule has 0 aromatic heterocycles. The third kappa shape index (κ3) is 3.55. The van der Waals surface area contributed by atoms with E-state index in [1.165, 1.54) is 4.90 Å². The van der Waals surface area contributed by atoms with Crippen LogP contribution in [0.4, 0.5) is 5.69 Å². The van der Waals surface area contributed by atoms with Crippen molar-refractivity contribution in [2.24, 2.45) is 0 Å². The van der Waals surface area contributed by atoms with Crippen molar-refractivity contribution in [1.29, 1.82) is 0 Å². The van der Waals surface area contributed by atoms with Crippen LogP contribution in [0, 0.1) is 0 Å². The molecule has 1 aliphatic rings. The van der Waals surface area contributed by atoms with E-state index in [2.05, 4.69) is 0 Å². The van der Waals surface area contributed by atoms with Crippen LogP contribution in [0.25, 0.3) is 0 Å². The van der Waals surface area contributed by atoms with Gasteiger partial charge in [0.15, 0.2) is 11.4 Å². The minimum absolute atomic E-state index is 0.203. The van der Waals surface area contributed by atoms with Gasteiger partial charge >= 0.3 is 0 Å². The molecule has 146 valence electrons. The number of halogens is 2.